The second-order valence-corrected chi connectivity index (χ2v) is 1.12. The molecule has 0 aromatic heterocycles. The average molecular weight is 264 g/mol. The molecule has 44 valence electrons. The van der Waals surface area contributed by atoms with E-state index >= 15 is 0 Å². The second kappa shape index (κ2) is 16.1. The van der Waals surface area contributed by atoms with Crippen molar-refractivity contribution in [3.05, 3.63) is 14.0 Å². The summed E-state index contributed by atoms with van der Waals surface area (Å²) >= 11 is 0. The van der Waals surface area contributed by atoms with Crippen LogP contribution in [-0.4, -0.2) is 6.61 Å². The zero-order valence-electron chi connectivity index (χ0n) is 5.10. The van der Waals surface area contributed by atoms with E-state index in [-0.39, 0.29) is 65.4 Å². The molecular weight excluding hydrogens is 254 g/mol. The molecule has 2 radical (unpaired) electrons. The fraction of sp³-hybridized carbons (Fsp3) is 0.600. The van der Waals surface area contributed by atoms with Gasteiger partial charge in [-0.1, -0.05) is 6.42 Å². The Bertz CT molecular complexity index is 22.4. The predicted octanol–water partition coefficient (Wildman–Crippen LogP) is 1.40. The van der Waals surface area contributed by atoms with Crippen molar-refractivity contribution in [3.63, 3.8) is 0 Å². The Kier molecular flexibility index (Phi) is 33.4. The summed E-state index contributed by atoms with van der Waals surface area (Å²) in [5.74, 6) is 0. The van der Waals surface area contributed by atoms with Crippen LogP contribution < -0.4 is 0 Å². The third kappa shape index (κ3) is 15.7. The molecule has 0 saturated carbocycles. The maximum absolute atomic E-state index is 4.49. The van der Waals surface area contributed by atoms with E-state index < -0.39 is 0 Å². The minimum atomic E-state index is 0. The van der Waals surface area contributed by atoms with Gasteiger partial charge in [0.1, 0.15) is 0 Å². The maximum Gasteiger partial charge on any atom is 0.00849 e. The third-order valence-corrected chi connectivity index (χ3v) is 0.539. The fourth-order valence-electron chi connectivity index (χ4n) is 0.204. The number of ether oxygens (including phenoxy) is 1. The first-order valence-corrected chi connectivity index (χ1v) is 2.08. The van der Waals surface area contributed by atoms with Gasteiger partial charge in [0.2, 0.25) is 0 Å². The monoisotopic (exact) mass is 264 g/mol. The van der Waals surface area contributed by atoms with Crippen molar-refractivity contribution >= 4 is 0 Å². The molecule has 0 aliphatic carbocycles. The zero-order valence-corrected chi connectivity index (χ0v) is 10.8. The van der Waals surface area contributed by atoms with Gasteiger partial charge in [-0.25, -0.2) is 7.11 Å². The van der Waals surface area contributed by atoms with E-state index in [1.165, 1.54) is 0 Å². The summed E-state index contributed by atoms with van der Waals surface area (Å²) in [5.41, 5.74) is 0. The van der Waals surface area contributed by atoms with E-state index in [0.717, 1.165) is 19.4 Å². The Hall–Kier alpha value is 2.17. The first kappa shape index (κ1) is 16.6. The predicted molar refractivity (Wildman–Crippen MR) is 25.9 cm³/mol. The van der Waals surface area contributed by atoms with E-state index in [1.807, 2.05) is 0 Å². The van der Waals surface area contributed by atoms with Gasteiger partial charge in [0.05, 0.1) is 0 Å². The SMILES string of the molecule is [CH2-]CCCO[CH2-].[Y].[Y]. The molecule has 8 heavy (non-hydrogen) atoms. The Morgan fingerprint density at radius 1 is 1.25 bits per heavy atom. The van der Waals surface area contributed by atoms with Crippen molar-refractivity contribution in [2.45, 2.75) is 12.8 Å². The van der Waals surface area contributed by atoms with E-state index in [2.05, 4.69) is 18.8 Å². The first-order valence-electron chi connectivity index (χ1n) is 2.08. The summed E-state index contributed by atoms with van der Waals surface area (Å²) < 4.78 is 4.49. The molecule has 0 fully saturated rings. The molecule has 0 saturated heterocycles. The van der Waals surface area contributed by atoms with Gasteiger partial charge in [0.15, 0.2) is 0 Å². The largest absolute Gasteiger partial charge is 0.555 e. The van der Waals surface area contributed by atoms with Crippen LogP contribution in [0.25, 0.3) is 0 Å². The van der Waals surface area contributed by atoms with Gasteiger partial charge in [-0.05, 0) is 0 Å². The van der Waals surface area contributed by atoms with Crippen molar-refractivity contribution in [2.24, 2.45) is 0 Å². The fourth-order valence-corrected chi connectivity index (χ4v) is 0.204. The molecular formula is C5H10OY2-2. The van der Waals surface area contributed by atoms with Crippen molar-refractivity contribution in [1.29, 1.82) is 0 Å². The van der Waals surface area contributed by atoms with Crippen LogP contribution in [0.1, 0.15) is 12.8 Å². The summed E-state index contributed by atoms with van der Waals surface area (Å²) in [5, 5.41) is 0. The molecule has 0 heterocycles. The van der Waals surface area contributed by atoms with Crippen LogP contribution in [0.3, 0.4) is 0 Å². The molecule has 0 N–H and O–H groups in total. The molecule has 0 rings (SSSR count). The molecule has 0 amide bonds. The van der Waals surface area contributed by atoms with Gasteiger partial charge in [0, 0.05) is 72.0 Å². The summed E-state index contributed by atoms with van der Waals surface area (Å²) in [6.45, 7) is 4.35. The Morgan fingerprint density at radius 2 is 1.75 bits per heavy atom. The van der Waals surface area contributed by atoms with Crippen LogP contribution in [0.4, 0.5) is 0 Å². The Balaban J connectivity index is -0.000000125. The van der Waals surface area contributed by atoms with Gasteiger partial charge < -0.3 is 11.7 Å². The molecule has 0 aromatic rings. The molecule has 0 aliphatic heterocycles. The van der Waals surface area contributed by atoms with Crippen LogP contribution in [0, 0.1) is 14.0 Å². The van der Waals surface area contributed by atoms with E-state index in [1.54, 1.807) is 0 Å². The average Bonchev–Trinajstić information content (AvgIpc) is 1.61. The molecule has 0 aromatic carbocycles. The number of unbranched alkanes of at least 4 members (excludes halogenated alkanes) is 1. The Labute approximate surface area is 102 Å². The topological polar surface area (TPSA) is 9.23 Å². The van der Waals surface area contributed by atoms with Crippen LogP contribution in [0.5, 0.6) is 0 Å². The molecule has 0 spiro atoms. The molecule has 0 atom stereocenters. The van der Waals surface area contributed by atoms with Crippen molar-refractivity contribution < 1.29 is 70.2 Å². The number of rotatable bonds is 3. The van der Waals surface area contributed by atoms with Crippen molar-refractivity contribution in [2.75, 3.05) is 6.61 Å². The smallest absolute Gasteiger partial charge is 0.00849 e. The van der Waals surface area contributed by atoms with Gasteiger partial charge in [-0.2, -0.15) is 6.42 Å². The third-order valence-electron chi connectivity index (χ3n) is 0.539. The van der Waals surface area contributed by atoms with E-state index in [9.17, 15) is 0 Å². The van der Waals surface area contributed by atoms with Crippen molar-refractivity contribution in [1.82, 2.24) is 0 Å². The molecule has 0 bridgehead atoms. The normalized spacial score (nSPS) is 6.75. The quantitative estimate of drug-likeness (QED) is 0.553. The second-order valence-electron chi connectivity index (χ2n) is 1.12. The van der Waals surface area contributed by atoms with Gasteiger partial charge in [0.25, 0.3) is 0 Å². The minimum Gasteiger partial charge on any atom is -0.555 e. The van der Waals surface area contributed by atoms with Crippen LogP contribution in [0.2, 0.25) is 0 Å². The Morgan fingerprint density at radius 3 is 1.88 bits per heavy atom. The van der Waals surface area contributed by atoms with Gasteiger partial charge in [-0.15, -0.1) is 0 Å². The van der Waals surface area contributed by atoms with Crippen LogP contribution >= 0.6 is 0 Å². The van der Waals surface area contributed by atoms with Crippen LogP contribution in [0.15, 0.2) is 0 Å². The number of hydrogen-bond acceptors (Lipinski definition) is 1. The summed E-state index contributed by atoms with van der Waals surface area (Å²) in [6, 6.07) is 0. The van der Waals surface area contributed by atoms with Crippen LogP contribution in [-0.2, 0) is 70.2 Å². The number of hydrogen-bond donors (Lipinski definition) is 0. The van der Waals surface area contributed by atoms with E-state index in [0.29, 0.717) is 0 Å². The molecule has 0 aliphatic rings. The van der Waals surface area contributed by atoms with Gasteiger partial charge in [-0.3, -0.25) is 0 Å². The zero-order chi connectivity index (χ0) is 4.83. The molecule has 0 unspecified atom stereocenters. The summed E-state index contributed by atoms with van der Waals surface area (Å²) in [4.78, 5) is 0. The van der Waals surface area contributed by atoms with E-state index in [4.69, 9.17) is 0 Å². The standard InChI is InChI=1S/C5H10O.2Y/c1-3-4-5-6-2;;/h1-5H2;;/q-2;;. The molecule has 1 nitrogen and oxygen atoms in total. The first-order chi connectivity index (χ1) is 2.91. The summed E-state index contributed by atoms with van der Waals surface area (Å²) in [7, 11) is 3.20. The maximum atomic E-state index is 4.49. The summed E-state index contributed by atoms with van der Waals surface area (Å²) in [6.07, 6.45) is 1.96. The molecule has 3 heteroatoms. The van der Waals surface area contributed by atoms with Gasteiger partial charge >= 0.3 is 0 Å². The minimum absolute atomic E-state index is 0. The van der Waals surface area contributed by atoms with Crippen molar-refractivity contribution in [3.8, 4) is 0 Å².